The molecule has 4 nitrogen and oxygen atoms in total. The molecule has 3 atom stereocenters. The molecule has 2 N–H and O–H groups in total. The van der Waals surface area contributed by atoms with Gasteiger partial charge in [0.15, 0.2) is 5.72 Å². The lowest BCUT2D eigenvalue weighted by Crippen LogP contribution is -2.38. The molecular formula is C54H85NO3. The van der Waals surface area contributed by atoms with Crippen molar-refractivity contribution >= 4 is 11.4 Å². The highest BCUT2D eigenvalue weighted by molar-refractivity contribution is 5.88. The summed E-state index contributed by atoms with van der Waals surface area (Å²) < 4.78 is 6.29. The van der Waals surface area contributed by atoms with Crippen LogP contribution in [0.1, 0.15) is 154 Å². The van der Waals surface area contributed by atoms with Crippen LogP contribution in [-0.2, 0) is 14.9 Å². The molecule has 2 rings (SSSR count). The van der Waals surface area contributed by atoms with Crippen molar-refractivity contribution in [1.29, 1.82) is 0 Å². The fraction of sp³-hybridized carbons (Fsp3) is 0.500. The highest BCUT2D eigenvalue weighted by atomic mass is 16.5. The van der Waals surface area contributed by atoms with Gasteiger partial charge in [0.1, 0.15) is 11.5 Å². The van der Waals surface area contributed by atoms with Crippen LogP contribution in [0.3, 0.4) is 0 Å². The van der Waals surface area contributed by atoms with Crippen molar-refractivity contribution < 1.29 is 14.6 Å². The van der Waals surface area contributed by atoms with Crippen molar-refractivity contribution in [3.05, 3.63) is 138 Å². The number of fused-ring (bicyclic) bond motifs is 1. The SMILES string of the molecule is C#CC/C=C(\C=C/CC1(C(/C=C\C(C)CC(O)/C(C)=C/C)=C/CC)C(C)=C(/C=C\C=C)c2ccccc21)OC(C)(C)NC.C=CC(C)(C)CC.CC.CC.CC(C)=O. The van der Waals surface area contributed by atoms with Gasteiger partial charge in [0, 0.05) is 11.8 Å². The average Bonchev–Trinajstić information content (AvgIpc) is 3.45. The minimum absolute atomic E-state index is 0.167. The number of ether oxygens (including phenoxy) is 1. The van der Waals surface area contributed by atoms with Crippen molar-refractivity contribution in [3.8, 4) is 12.3 Å². The first-order chi connectivity index (χ1) is 27.4. The first kappa shape index (κ1) is 58.1. The molecule has 0 fully saturated rings. The van der Waals surface area contributed by atoms with Gasteiger partial charge in [-0.2, -0.15) is 0 Å². The van der Waals surface area contributed by atoms with E-state index in [0.29, 0.717) is 18.3 Å². The van der Waals surface area contributed by atoms with E-state index in [1.165, 1.54) is 48.1 Å². The van der Waals surface area contributed by atoms with E-state index in [1.807, 2.05) is 92.8 Å². The lowest BCUT2D eigenvalue weighted by Gasteiger charge is -2.34. The Labute approximate surface area is 358 Å². The Kier molecular flexibility index (Phi) is 31.9. The van der Waals surface area contributed by atoms with E-state index in [-0.39, 0.29) is 17.1 Å². The number of allylic oxidation sites excluding steroid dienone is 14. The molecule has 0 aromatic heterocycles. The van der Waals surface area contributed by atoms with Gasteiger partial charge < -0.3 is 14.6 Å². The Hall–Kier alpha value is -4.17. The van der Waals surface area contributed by atoms with Crippen LogP contribution < -0.4 is 5.32 Å². The van der Waals surface area contributed by atoms with Crippen molar-refractivity contribution in [2.75, 3.05) is 7.05 Å². The van der Waals surface area contributed by atoms with Crippen LogP contribution in [0.25, 0.3) is 5.57 Å². The summed E-state index contributed by atoms with van der Waals surface area (Å²) in [5.74, 6) is 3.81. The lowest BCUT2D eigenvalue weighted by molar-refractivity contribution is -0.115. The van der Waals surface area contributed by atoms with E-state index in [9.17, 15) is 9.90 Å². The van der Waals surface area contributed by atoms with Crippen LogP contribution in [-0.4, -0.2) is 29.8 Å². The predicted molar refractivity (Wildman–Crippen MR) is 260 cm³/mol. The third-order valence-electron chi connectivity index (χ3n) is 9.78. The molecule has 0 saturated carbocycles. The summed E-state index contributed by atoms with van der Waals surface area (Å²) >= 11 is 0. The zero-order valence-corrected chi connectivity index (χ0v) is 40.1. The minimum atomic E-state index is -0.539. The van der Waals surface area contributed by atoms with Crippen LogP contribution in [0.4, 0.5) is 0 Å². The fourth-order valence-corrected chi connectivity index (χ4v) is 5.68. The van der Waals surface area contributed by atoms with E-state index in [2.05, 4.69) is 127 Å². The Morgan fingerprint density at radius 3 is 2.09 bits per heavy atom. The Bertz CT molecular complexity index is 1610. The van der Waals surface area contributed by atoms with Crippen molar-refractivity contribution in [1.82, 2.24) is 5.32 Å². The molecule has 0 aliphatic heterocycles. The van der Waals surface area contributed by atoms with Gasteiger partial charge in [0.05, 0.1) is 6.10 Å². The second kappa shape index (κ2) is 31.8. The Morgan fingerprint density at radius 2 is 1.62 bits per heavy atom. The van der Waals surface area contributed by atoms with Gasteiger partial charge >= 0.3 is 0 Å². The molecule has 58 heavy (non-hydrogen) atoms. The van der Waals surface area contributed by atoms with Crippen LogP contribution in [0, 0.1) is 23.7 Å². The topological polar surface area (TPSA) is 58.6 Å². The van der Waals surface area contributed by atoms with Gasteiger partial charge in [0.25, 0.3) is 0 Å². The molecular weight excluding hydrogens is 711 g/mol. The highest BCUT2D eigenvalue weighted by Crippen LogP contribution is 2.54. The normalized spacial score (nSPS) is 16.7. The first-order valence-corrected chi connectivity index (χ1v) is 21.4. The molecule has 0 heterocycles. The molecule has 0 radical (unpaired) electrons. The smallest absolute Gasteiger partial charge is 0.155 e. The molecule has 0 bridgehead atoms. The first-order valence-electron chi connectivity index (χ1n) is 21.4. The number of carbonyl (C=O) groups excluding carboxylic acids is 1. The number of hydrogen-bond acceptors (Lipinski definition) is 4. The number of terminal acetylenes is 1. The van der Waals surface area contributed by atoms with E-state index < -0.39 is 11.8 Å². The third kappa shape index (κ3) is 21.0. The zero-order chi connectivity index (χ0) is 45.5. The number of carbonyl (C=O) groups is 1. The summed E-state index contributed by atoms with van der Waals surface area (Å²) in [6, 6.07) is 8.72. The molecule has 0 spiro atoms. The van der Waals surface area contributed by atoms with E-state index in [0.717, 1.165) is 24.2 Å². The molecule has 1 aliphatic carbocycles. The van der Waals surface area contributed by atoms with Gasteiger partial charge in [0.2, 0.25) is 0 Å². The molecule has 324 valence electrons. The molecule has 0 amide bonds. The molecule has 1 aromatic rings. The van der Waals surface area contributed by atoms with Crippen molar-refractivity contribution in [2.45, 2.75) is 160 Å². The zero-order valence-electron chi connectivity index (χ0n) is 40.1. The van der Waals surface area contributed by atoms with Crippen LogP contribution in [0.2, 0.25) is 0 Å². The van der Waals surface area contributed by atoms with Crippen LogP contribution in [0.15, 0.2) is 127 Å². The molecule has 0 saturated heterocycles. The molecule has 1 aromatic carbocycles. The Morgan fingerprint density at radius 1 is 1.03 bits per heavy atom. The number of aliphatic hydroxyl groups excluding tert-OH is 1. The monoisotopic (exact) mass is 796 g/mol. The average molecular weight is 796 g/mol. The summed E-state index contributed by atoms with van der Waals surface area (Å²) in [5.41, 5.74) is 6.73. The van der Waals surface area contributed by atoms with Gasteiger partial charge in [-0.05, 0) is 133 Å². The van der Waals surface area contributed by atoms with Crippen LogP contribution in [0.5, 0.6) is 0 Å². The molecule has 3 unspecified atom stereocenters. The van der Waals surface area contributed by atoms with Crippen LogP contribution >= 0.6 is 0 Å². The fourth-order valence-electron chi connectivity index (χ4n) is 5.68. The maximum atomic E-state index is 10.7. The maximum Gasteiger partial charge on any atom is 0.155 e. The van der Waals surface area contributed by atoms with Gasteiger partial charge in [-0.15, -0.1) is 18.9 Å². The number of rotatable bonds is 18. The standard InChI is InChI=1S/C40H53NO2.C7H14.C3H6O.2C2H6/c1-11-15-21-34(43-39(8,9)41-10)22-19-28-40(32(7)35(23-16-12-2)36-24-17-18-25-37(36)40)33(20-13-3)27-26-30(5)29-38(42)31(6)14-4;1-5-7(3,4)6-2;1-3(2)4;2*1-2/h1,12,14,16-27,30,38,41-42H,2,13,15,28-29H2,3-10H3;5H,1,6H2,2-4H3;1-2H3;2*1-2H3/b22-19-,23-16-,27-26-,31-14+,33-20+,34-21+;;;;. The number of hydrogen-bond donors (Lipinski definition) is 2. The largest absolute Gasteiger partial charge is 0.474 e. The quantitative estimate of drug-likeness (QED) is 0.0511. The summed E-state index contributed by atoms with van der Waals surface area (Å²) in [7, 11) is 1.88. The van der Waals surface area contributed by atoms with Gasteiger partial charge in [-0.3, -0.25) is 5.32 Å². The lowest BCUT2D eigenvalue weighted by atomic mass is 9.68. The summed E-state index contributed by atoms with van der Waals surface area (Å²) in [5, 5.41) is 13.9. The molecule has 4 heteroatoms. The molecule has 1 aliphatic rings. The maximum absolute atomic E-state index is 10.7. The number of Topliss-reactive ketones (excluding diaryl/α,β-unsaturated/α-hetero) is 1. The van der Waals surface area contributed by atoms with E-state index >= 15 is 0 Å². The van der Waals surface area contributed by atoms with Gasteiger partial charge in [-0.1, -0.05) is 153 Å². The summed E-state index contributed by atoms with van der Waals surface area (Å²) in [6.07, 6.45) is 32.2. The summed E-state index contributed by atoms with van der Waals surface area (Å²) in [6.45, 7) is 39.8. The number of aliphatic hydroxyl groups is 1. The second-order valence-corrected chi connectivity index (χ2v) is 15.2. The minimum Gasteiger partial charge on any atom is -0.474 e. The number of ketones is 1. The summed E-state index contributed by atoms with van der Waals surface area (Å²) in [4.78, 5) is 9.44. The number of benzene rings is 1. The van der Waals surface area contributed by atoms with E-state index in [4.69, 9.17) is 11.2 Å². The van der Waals surface area contributed by atoms with E-state index in [1.54, 1.807) is 0 Å². The van der Waals surface area contributed by atoms with Gasteiger partial charge in [-0.25, -0.2) is 0 Å². The number of nitrogens with one attached hydrogen (secondary N) is 1. The predicted octanol–water partition coefficient (Wildman–Crippen LogP) is 14.8. The Balaban J connectivity index is -0.00000173. The van der Waals surface area contributed by atoms with Crippen molar-refractivity contribution in [3.63, 3.8) is 0 Å². The third-order valence-corrected chi connectivity index (χ3v) is 9.78. The van der Waals surface area contributed by atoms with Crippen molar-refractivity contribution in [2.24, 2.45) is 11.3 Å². The highest BCUT2D eigenvalue weighted by Gasteiger charge is 2.43. The second-order valence-electron chi connectivity index (χ2n) is 15.2.